The van der Waals surface area contributed by atoms with Gasteiger partial charge in [-0.1, -0.05) is 72.3 Å². The number of nitrogens with zero attached hydrogens (tertiary/aromatic N) is 1. The number of hydrogen-bond acceptors (Lipinski definition) is 1. The number of carbonyl (C=O) groups excluding carboxylic acids is 1. The topological polar surface area (TPSA) is 20.3 Å². The van der Waals surface area contributed by atoms with Gasteiger partial charge in [0.15, 0.2) is 0 Å². The van der Waals surface area contributed by atoms with Crippen molar-refractivity contribution in [1.82, 2.24) is 0 Å². The van der Waals surface area contributed by atoms with Crippen LogP contribution in [-0.4, -0.2) is 5.91 Å². The molecule has 0 saturated carbocycles. The summed E-state index contributed by atoms with van der Waals surface area (Å²) >= 11 is 5.96. The first-order chi connectivity index (χ1) is 12.7. The van der Waals surface area contributed by atoms with Gasteiger partial charge < -0.3 is 0 Å². The van der Waals surface area contributed by atoms with Gasteiger partial charge in [-0.2, -0.15) is 0 Å². The first-order valence-corrected chi connectivity index (χ1v) is 8.74. The van der Waals surface area contributed by atoms with Gasteiger partial charge in [0.1, 0.15) is 0 Å². The van der Waals surface area contributed by atoms with Crippen LogP contribution in [0.4, 0.5) is 5.69 Å². The van der Waals surface area contributed by atoms with E-state index in [4.69, 9.17) is 11.6 Å². The molecule has 0 aromatic heterocycles. The van der Waals surface area contributed by atoms with E-state index >= 15 is 0 Å². The van der Waals surface area contributed by atoms with Gasteiger partial charge in [-0.3, -0.25) is 9.69 Å². The summed E-state index contributed by atoms with van der Waals surface area (Å²) in [5, 5.41) is 0.677. The van der Waals surface area contributed by atoms with Gasteiger partial charge in [0.05, 0.1) is 5.70 Å². The van der Waals surface area contributed by atoms with Crippen molar-refractivity contribution in [1.29, 1.82) is 0 Å². The first kappa shape index (κ1) is 16.4. The number of halogens is 1. The predicted molar refractivity (Wildman–Crippen MR) is 108 cm³/mol. The highest BCUT2D eigenvalue weighted by molar-refractivity contribution is 6.30. The Hall–Kier alpha value is -3.10. The van der Waals surface area contributed by atoms with Crippen LogP contribution in [0.2, 0.25) is 5.02 Å². The molecule has 3 aromatic carbocycles. The third-order valence-electron chi connectivity index (χ3n) is 4.26. The van der Waals surface area contributed by atoms with Crippen molar-refractivity contribution >= 4 is 35.0 Å². The molecule has 0 unspecified atom stereocenters. The summed E-state index contributed by atoms with van der Waals surface area (Å²) < 4.78 is 0. The highest BCUT2D eigenvalue weighted by atomic mass is 35.5. The van der Waals surface area contributed by atoms with Crippen molar-refractivity contribution < 1.29 is 4.79 Å². The minimum atomic E-state index is -0.0370. The Kier molecular flexibility index (Phi) is 4.42. The molecule has 0 radical (unpaired) electrons. The van der Waals surface area contributed by atoms with Crippen LogP contribution in [0.3, 0.4) is 0 Å². The van der Waals surface area contributed by atoms with Gasteiger partial charge in [0, 0.05) is 16.3 Å². The van der Waals surface area contributed by atoms with E-state index < -0.39 is 0 Å². The fourth-order valence-electron chi connectivity index (χ4n) is 3.01. The molecule has 4 rings (SSSR count). The SMILES string of the molecule is O=C1C(=Cc2ccc(Cl)cc2)C=C(c2ccccc2)N1c1ccccc1. The molecular weight excluding hydrogens is 342 g/mol. The minimum Gasteiger partial charge on any atom is -0.276 e. The summed E-state index contributed by atoms with van der Waals surface area (Å²) in [4.78, 5) is 14.9. The van der Waals surface area contributed by atoms with E-state index in [1.165, 1.54) is 0 Å². The van der Waals surface area contributed by atoms with E-state index in [2.05, 4.69) is 0 Å². The molecule has 3 heteroatoms. The van der Waals surface area contributed by atoms with Gasteiger partial charge in [-0.15, -0.1) is 0 Å². The molecular formula is C23H16ClNO. The maximum atomic E-state index is 13.1. The van der Waals surface area contributed by atoms with Crippen LogP contribution in [0.15, 0.2) is 96.6 Å². The van der Waals surface area contributed by atoms with Crippen molar-refractivity contribution in [3.8, 4) is 0 Å². The third kappa shape index (κ3) is 3.19. The summed E-state index contributed by atoms with van der Waals surface area (Å²) in [7, 11) is 0. The molecule has 2 nitrogen and oxygen atoms in total. The number of benzene rings is 3. The zero-order valence-electron chi connectivity index (χ0n) is 14.0. The fraction of sp³-hybridized carbons (Fsp3) is 0. The fourth-order valence-corrected chi connectivity index (χ4v) is 3.13. The minimum absolute atomic E-state index is 0.0370. The Labute approximate surface area is 157 Å². The van der Waals surface area contributed by atoms with Crippen molar-refractivity contribution in [2.45, 2.75) is 0 Å². The van der Waals surface area contributed by atoms with Crippen LogP contribution >= 0.6 is 11.6 Å². The second-order valence-electron chi connectivity index (χ2n) is 6.02. The second-order valence-corrected chi connectivity index (χ2v) is 6.46. The number of hydrogen-bond donors (Lipinski definition) is 0. The summed E-state index contributed by atoms with van der Waals surface area (Å²) in [6, 6.07) is 27.1. The largest absolute Gasteiger partial charge is 0.276 e. The Morgan fingerprint density at radius 2 is 1.38 bits per heavy atom. The van der Waals surface area contributed by atoms with E-state index in [0.717, 1.165) is 22.5 Å². The smallest absolute Gasteiger partial charge is 0.262 e. The molecule has 0 aliphatic carbocycles. The molecule has 26 heavy (non-hydrogen) atoms. The number of para-hydroxylation sites is 1. The lowest BCUT2D eigenvalue weighted by atomic mass is 10.1. The Balaban J connectivity index is 1.81. The molecule has 3 aromatic rings. The van der Waals surface area contributed by atoms with Crippen molar-refractivity contribution in [2.24, 2.45) is 0 Å². The van der Waals surface area contributed by atoms with Crippen molar-refractivity contribution in [3.63, 3.8) is 0 Å². The van der Waals surface area contributed by atoms with Gasteiger partial charge in [0.25, 0.3) is 5.91 Å². The van der Waals surface area contributed by atoms with Crippen LogP contribution in [0.5, 0.6) is 0 Å². The summed E-state index contributed by atoms with van der Waals surface area (Å²) in [6.45, 7) is 0. The van der Waals surface area contributed by atoms with E-state index in [-0.39, 0.29) is 5.91 Å². The number of amides is 1. The molecule has 0 fully saturated rings. The van der Waals surface area contributed by atoms with Crippen LogP contribution < -0.4 is 4.90 Å². The van der Waals surface area contributed by atoms with Gasteiger partial charge in [-0.05, 0) is 47.5 Å². The Morgan fingerprint density at radius 1 is 0.769 bits per heavy atom. The number of carbonyl (C=O) groups is 1. The van der Waals surface area contributed by atoms with Crippen LogP contribution in [0.25, 0.3) is 11.8 Å². The summed E-state index contributed by atoms with van der Waals surface area (Å²) in [5.74, 6) is -0.0370. The molecule has 0 atom stereocenters. The number of rotatable bonds is 3. The zero-order chi connectivity index (χ0) is 17.9. The summed E-state index contributed by atoms with van der Waals surface area (Å²) in [5.41, 5.74) is 4.32. The molecule has 1 amide bonds. The first-order valence-electron chi connectivity index (χ1n) is 8.36. The predicted octanol–water partition coefficient (Wildman–Crippen LogP) is 5.81. The van der Waals surface area contributed by atoms with Gasteiger partial charge >= 0.3 is 0 Å². The van der Waals surface area contributed by atoms with E-state index in [1.54, 1.807) is 4.90 Å². The quantitative estimate of drug-likeness (QED) is 0.541. The molecule has 126 valence electrons. The van der Waals surface area contributed by atoms with E-state index in [0.29, 0.717) is 10.6 Å². The van der Waals surface area contributed by atoms with Gasteiger partial charge in [-0.25, -0.2) is 0 Å². The molecule has 1 aliphatic rings. The average Bonchev–Trinajstić information content (AvgIpc) is 3.01. The van der Waals surface area contributed by atoms with Gasteiger partial charge in [0.2, 0.25) is 0 Å². The number of anilines is 1. The van der Waals surface area contributed by atoms with Crippen LogP contribution in [0.1, 0.15) is 11.1 Å². The van der Waals surface area contributed by atoms with Crippen LogP contribution in [0, 0.1) is 0 Å². The molecule has 1 aliphatic heterocycles. The molecule has 0 bridgehead atoms. The summed E-state index contributed by atoms with van der Waals surface area (Å²) in [6.07, 6.45) is 3.84. The van der Waals surface area contributed by atoms with Crippen molar-refractivity contribution in [3.05, 3.63) is 113 Å². The maximum absolute atomic E-state index is 13.1. The lowest BCUT2D eigenvalue weighted by Gasteiger charge is -2.20. The lowest BCUT2D eigenvalue weighted by Crippen LogP contribution is -2.24. The molecule has 1 heterocycles. The molecule has 0 N–H and O–H groups in total. The Bertz CT molecular complexity index is 989. The van der Waals surface area contributed by atoms with Crippen LogP contribution in [-0.2, 0) is 4.79 Å². The standard InChI is InChI=1S/C23H16ClNO/c24-20-13-11-17(12-14-20)15-19-16-22(18-7-3-1-4-8-18)25(23(19)26)21-9-5-2-6-10-21/h1-16H. The molecule has 0 saturated heterocycles. The average molecular weight is 358 g/mol. The zero-order valence-corrected chi connectivity index (χ0v) is 14.7. The normalized spacial score (nSPS) is 15.4. The third-order valence-corrected chi connectivity index (χ3v) is 4.51. The maximum Gasteiger partial charge on any atom is 0.262 e. The molecule has 0 spiro atoms. The van der Waals surface area contributed by atoms with E-state index in [9.17, 15) is 4.79 Å². The highest BCUT2D eigenvalue weighted by Crippen LogP contribution is 2.35. The second kappa shape index (κ2) is 7.03. The van der Waals surface area contributed by atoms with E-state index in [1.807, 2.05) is 97.1 Å². The Morgan fingerprint density at radius 3 is 2.04 bits per heavy atom. The highest BCUT2D eigenvalue weighted by Gasteiger charge is 2.30. The van der Waals surface area contributed by atoms with Crippen molar-refractivity contribution in [2.75, 3.05) is 4.90 Å². The lowest BCUT2D eigenvalue weighted by molar-refractivity contribution is -0.113. The monoisotopic (exact) mass is 357 g/mol.